The molecule has 0 radical (unpaired) electrons. The number of aromatic carboxylic acids is 1. The monoisotopic (exact) mass is 232 g/mol. The highest BCUT2D eigenvalue weighted by atomic mass is 19.4. The molecular weight excluding hydrogens is 229 g/mol. The van der Waals surface area contributed by atoms with Crippen LogP contribution in [0.3, 0.4) is 0 Å². The molecule has 0 atom stereocenters. The van der Waals surface area contributed by atoms with Crippen LogP contribution in [-0.4, -0.2) is 16.1 Å². The molecule has 0 bridgehead atoms. The zero-order chi connectivity index (χ0) is 12.5. The number of H-pyrrole nitrogens is 1. The lowest BCUT2D eigenvalue weighted by atomic mass is 10.1. The van der Waals surface area contributed by atoms with Crippen molar-refractivity contribution in [1.29, 1.82) is 5.26 Å². The molecule has 1 aromatic heterocycles. The van der Waals surface area contributed by atoms with Crippen LogP contribution in [0.1, 0.15) is 21.6 Å². The summed E-state index contributed by atoms with van der Waals surface area (Å²) in [7, 11) is 0. The van der Waals surface area contributed by atoms with E-state index in [9.17, 15) is 22.8 Å². The van der Waals surface area contributed by atoms with E-state index in [1.54, 1.807) is 0 Å². The number of carbonyl (C=O) groups is 1. The van der Waals surface area contributed by atoms with Crippen molar-refractivity contribution >= 4 is 5.97 Å². The average molecular weight is 232 g/mol. The Hall–Kier alpha value is -2.30. The van der Waals surface area contributed by atoms with Gasteiger partial charge < -0.3 is 10.1 Å². The van der Waals surface area contributed by atoms with E-state index in [0.29, 0.717) is 6.07 Å². The van der Waals surface area contributed by atoms with Crippen LogP contribution < -0.4 is 5.56 Å². The Labute approximate surface area is 85.8 Å². The largest absolute Gasteiger partial charge is 0.478 e. The number of nitrogens with zero attached hydrogens (tertiary/aromatic N) is 1. The van der Waals surface area contributed by atoms with Crippen molar-refractivity contribution < 1.29 is 23.1 Å². The summed E-state index contributed by atoms with van der Waals surface area (Å²) >= 11 is 0. The third-order valence-corrected chi connectivity index (χ3v) is 1.68. The molecule has 0 fully saturated rings. The molecule has 2 N–H and O–H groups in total. The van der Waals surface area contributed by atoms with E-state index in [2.05, 4.69) is 0 Å². The van der Waals surface area contributed by atoms with Gasteiger partial charge in [-0.25, -0.2) is 4.79 Å². The van der Waals surface area contributed by atoms with Crippen molar-refractivity contribution in [3.8, 4) is 6.07 Å². The molecule has 0 amide bonds. The van der Waals surface area contributed by atoms with Crippen LogP contribution in [0.5, 0.6) is 0 Å². The fourth-order valence-corrected chi connectivity index (χ4v) is 1.01. The number of rotatable bonds is 1. The van der Waals surface area contributed by atoms with Gasteiger partial charge in [0.15, 0.2) is 0 Å². The van der Waals surface area contributed by atoms with Crippen molar-refractivity contribution in [2.24, 2.45) is 0 Å². The Morgan fingerprint density at radius 2 is 2.06 bits per heavy atom. The van der Waals surface area contributed by atoms with Crippen molar-refractivity contribution in [2.45, 2.75) is 6.18 Å². The molecule has 0 aliphatic rings. The first-order chi connectivity index (χ1) is 7.27. The quantitative estimate of drug-likeness (QED) is 0.754. The molecule has 5 nitrogen and oxygen atoms in total. The van der Waals surface area contributed by atoms with E-state index in [-0.39, 0.29) is 0 Å². The number of carboxylic acids is 1. The first kappa shape index (κ1) is 11.8. The molecule has 0 saturated carbocycles. The van der Waals surface area contributed by atoms with Crippen LogP contribution >= 0.6 is 0 Å². The molecule has 16 heavy (non-hydrogen) atoms. The smallest absolute Gasteiger partial charge is 0.432 e. The minimum absolute atomic E-state index is 0.393. The van der Waals surface area contributed by atoms with Crippen LogP contribution in [0.4, 0.5) is 13.2 Å². The van der Waals surface area contributed by atoms with Gasteiger partial charge in [-0.3, -0.25) is 4.79 Å². The normalized spacial score (nSPS) is 10.9. The van der Waals surface area contributed by atoms with E-state index >= 15 is 0 Å². The van der Waals surface area contributed by atoms with Gasteiger partial charge in [-0.2, -0.15) is 18.4 Å². The van der Waals surface area contributed by atoms with Crippen molar-refractivity contribution in [1.82, 2.24) is 4.98 Å². The van der Waals surface area contributed by atoms with E-state index in [1.807, 2.05) is 0 Å². The number of hydrogen-bond acceptors (Lipinski definition) is 3. The Bertz CT molecular complexity index is 539. The summed E-state index contributed by atoms with van der Waals surface area (Å²) in [6.45, 7) is 0. The number of halogens is 3. The molecule has 0 spiro atoms. The number of hydrogen-bond donors (Lipinski definition) is 2. The van der Waals surface area contributed by atoms with Crippen molar-refractivity contribution in [2.75, 3.05) is 0 Å². The van der Waals surface area contributed by atoms with Gasteiger partial charge in [0.2, 0.25) is 0 Å². The molecule has 0 aromatic carbocycles. The summed E-state index contributed by atoms with van der Waals surface area (Å²) in [6.07, 6.45) is -5.00. The topological polar surface area (TPSA) is 93.9 Å². The summed E-state index contributed by atoms with van der Waals surface area (Å²) in [4.78, 5) is 22.8. The fraction of sp³-hybridized carbons (Fsp3) is 0.125. The summed E-state index contributed by atoms with van der Waals surface area (Å²) in [5.41, 5.74) is -4.81. The maximum atomic E-state index is 12.3. The summed E-state index contributed by atoms with van der Waals surface area (Å²) in [5, 5.41) is 16.9. The molecule has 1 rings (SSSR count). The third kappa shape index (κ3) is 2.03. The van der Waals surface area contributed by atoms with Gasteiger partial charge in [-0.1, -0.05) is 0 Å². The Balaban J connectivity index is 3.64. The van der Waals surface area contributed by atoms with E-state index in [4.69, 9.17) is 10.4 Å². The van der Waals surface area contributed by atoms with Gasteiger partial charge in [0.1, 0.15) is 17.3 Å². The Kier molecular flexibility index (Phi) is 2.72. The van der Waals surface area contributed by atoms with E-state index < -0.39 is 34.5 Å². The molecule has 1 aromatic rings. The lowest BCUT2D eigenvalue weighted by Crippen LogP contribution is -2.23. The number of nitrogens with one attached hydrogen (secondary N) is 1. The minimum Gasteiger partial charge on any atom is -0.478 e. The molecule has 1 heterocycles. The van der Waals surface area contributed by atoms with Gasteiger partial charge in [-0.15, -0.1) is 0 Å². The second-order valence-electron chi connectivity index (χ2n) is 2.72. The third-order valence-electron chi connectivity index (χ3n) is 1.68. The molecule has 0 aliphatic carbocycles. The lowest BCUT2D eigenvalue weighted by Gasteiger charge is -2.09. The molecular formula is C8H3F3N2O3. The van der Waals surface area contributed by atoms with Gasteiger partial charge in [0, 0.05) is 0 Å². The average Bonchev–Trinajstić information content (AvgIpc) is 2.15. The second-order valence-corrected chi connectivity index (χ2v) is 2.72. The number of carboxylic acid groups (broad SMARTS) is 1. The summed E-state index contributed by atoms with van der Waals surface area (Å²) in [5.74, 6) is -1.87. The van der Waals surface area contributed by atoms with Crippen LogP contribution in [0, 0.1) is 11.3 Å². The number of alkyl halides is 3. The van der Waals surface area contributed by atoms with Crippen LogP contribution in [0.15, 0.2) is 10.9 Å². The SMILES string of the molecule is N#Cc1cc(C(=O)O)c(C(F)(F)F)[nH]c1=O. The first-order valence-corrected chi connectivity index (χ1v) is 3.75. The van der Waals surface area contributed by atoms with Gasteiger partial charge in [-0.05, 0) is 6.07 Å². The standard InChI is InChI=1S/C8H3F3N2O3/c9-8(10,11)5-4(7(15)16)1-3(2-12)6(14)13-5/h1H,(H,13,14)(H,15,16). The zero-order valence-corrected chi connectivity index (χ0v) is 7.42. The highest BCUT2D eigenvalue weighted by Gasteiger charge is 2.37. The first-order valence-electron chi connectivity index (χ1n) is 3.75. The number of aromatic nitrogens is 1. The molecule has 0 unspecified atom stereocenters. The number of nitriles is 1. The highest BCUT2D eigenvalue weighted by Crippen LogP contribution is 2.29. The van der Waals surface area contributed by atoms with Crippen molar-refractivity contribution in [3.63, 3.8) is 0 Å². The van der Waals surface area contributed by atoms with Crippen LogP contribution in [0.2, 0.25) is 0 Å². The Morgan fingerprint density at radius 1 is 1.50 bits per heavy atom. The molecule has 84 valence electrons. The van der Waals surface area contributed by atoms with Crippen LogP contribution in [-0.2, 0) is 6.18 Å². The second kappa shape index (κ2) is 3.69. The number of aromatic amines is 1. The Morgan fingerprint density at radius 3 is 2.44 bits per heavy atom. The summed E-state index contributed by atoms with van der Waals surface area (Å²) in [6, 6.07) is 1.69. The molecule has 0 aliphatic heterocycles. The molecule has 0 saturated heterocycles. The van der Waals surface area contributed by atoms with Crippen molar-refractivity contribution in [3.05, 3.63) is 33.2 Å². The maximum Gasteiger partial charge on any atom is 0.432 e. The maximum absolute atomic E-state index is 12.3. The summed E-state index contributed by atoms with van der Waals surface area (Å²) < 4.78 is 36.9. The van der Waals surface area contributed by atoms with Crippen LogP contribution in [0.25, 0.3) is 0 Å². The van der Waals surface area contributed by atoms with E-state index in [1.165, 1.54) is 11.1 Å². The minimum atomic E-state index is -5.00. The van der Waals surface area contributed by atoms with Gasteiger partial charge in [0.25, 0.3) is 5.56 Å². The van der Waals surface area contributed by atoms with E-state index in [0.717, 1.165) is 0 Å². The predicted molar refractivity (Wildman–Crippen MR) is 43.7 cm³/mol. The highest BCUT2D eigenvalue weighted by molar-refractivity contribution is 5.89. The number of pyridine rings is 1. The molecule has 8 heteroatoms. The lowest BCUT2D eigenvalue weighted by molar-refractivity contribution is -0.141. The van der Waals surface area contributed by atoms with Gasteiger partial charge >= 0.3 is 12.1 Å². The fourth-order valence-electron chi connectivity index (χ4n) is 1.01. The van der Waals surface area contributed by atoms with Gasteiger partial charge in [0.05, 0.1) is 5.56 Å². The predicted octanol–water partition coefficient (Wildman–Crippen LogP) is 0.964. The zero-order valence-electron chi connectivity index (χ0n) is 7.42.